The molecule has 0 heterocycles. The van der Waals surface area contributed by atoms with Gasteiger partial charge in [0.15, 0.2) is 5.25 Å². The molecule has 5 N–H and O–H groups in total. The Morgan fingerprint density at radius 3 is 2.00 bits per heavy atom. The molecular weight excluding hydrogens is 336 g/mol. The zero-order valence-electron chi connectivity index (χ0n) is 16.1. The molecule has 1 atom stereocenters. The fourth-order valence-electron chi connectivity index (χ4n) is 0.716. The molecule has 0 rings (SSSR count). The molecule has 0 aliphatic heterocycles. The predicted octanol–water partition coefficient (Wildman–Crippen LogP) is -13.8. The fourth-order valence-corrected chi connectivity index (χ4v) is 1.36. The van der Waals surface area contributed by atoms with Gasteiger partial charge in [0.25, 0.3) is 10.1 Å². The van der Waals surface area contributed by atoms with Crippen LogP contribution in [-0.4, -0.2) is 48.4 Å². The van der Waals surface area contributed by atoms with E-state index in [-0.39, 0.29) is 137 Å². The first kappa shape index (κ1) is 34.2. The molecule has 0 aromatic heterocycles. The van der Waals surface area contributed by atoms with Crippen LogP contribution < -0.4 is 129 Å². The standard InChI is InChI=1S/C6H12N2O7S.4Na.4H/c7-1-2-8-15-6(11)4(3-5(9)10)16(12,13)14;;;;;;;;/h4,8H,1-3,7H2,(H,9,10)(H,12,13,14);;;;;;;;/q;4*+1;4*-1. The van der Waals surface area contributed by atoms with Crippen molar-refractivity contribution in [3.05, 3.63) is 0 Å². The van der Waals surface area contributed by atoms with Gasteiger partial charge in [-0.15, -0.1) is 0 Å². The zero-order chi connectivity index (χ0) is 12.8. The van der Waals surface area contributed by atoms with Crippen molar-refractivity contribution in [2.75, 3.05) is 13.1 Å². The topological polar surface area (TPSA) is 156 Å². The number of carboxylic acid groups (broad SMARTS) is 1. The average Bonchev–Trinajstić information content (AvgIpc) is 2.12. The van der Waals surface area contributed by atoms with Crippen molar-refractivity contribution in [2.24, 2.45) is 5.73 Å². The van der Waals surface area contributed by atoms with Gasteiger partial charge in [-0.05, 0) is 0 Å². The molecule has 0 saturated heterocycles. The monoisotopic (exact) mass is 352 g/mol. The van der Waals surface area contributed by atoms with E-state index >= 15 is 0 Å². The Morgan fingerprint density at radius 1 is 1.25 bits per heavy atom. The van der Waals surface area contributed by atoms with Gasteiger partial charge in [-0.1, -0.05) is 0 Å². The third-order valence-electron chi connectivity index (χ3n) is 1.40. The SMILES string of the molecule is NCCNOC(=O)C(CC(=O)O)S(=O)(=O)O.[H-].[H-].[H-].[H-].[Na+].[Na+].[Na+].[Na+]. The minimum atomic E-state index is -4.82. The third-order valence-corrected chi connectivity index (χ3v) is 2.48. The Balaban J connectivity index is -0.0000000402. The maximum Gasteiger partial charge on any atom is 1.00 e. The van der Waals surface area contributed by atoms with E-state index < -0.39 is 33.7 Å². The Kier molecular flexibility index (Phi) is 31.0. The molecule has 0 amide bonds. The maximum atomic E-state index is 11.1. The number of hydrogen-bond donors (Lipinski definition) is 4. The Hall–Kier alpha value is 2.77. The summed E-state index contributed by atoms with van der Waals surface area (Å²) in [6.45, 7) is 0.194. The van der Waals surface area contributed by atoms with Crippen molar-refractivity contribution in [3.8, 4) is 0 Å². The second-order valence-corrected chi connectivity index (χ2v) is 4.30. The summed E-state index contributed by atoms with van der Waals surface area (Å²) in [4.78, 5) is 25.5. The van der Waals surface area contributed by atoms with Crippen molar-refractivity contribution in [1.82, 2.24) is 5.48 Å². The summed E-state index contributed by atoms with van der Waals surface area (Å²) in [7, 11) is -4.82. The molecule has 20 heavy (non-hydrogen) atoms. The van der Waals surface area contributed by atoms with Crippen LogP contribution in [0.3, 0.4) is 0 Å². The number of nitrogens with one attached hydrogen (secondary N) is 1. The summed E-state index contributed by atoms with van der Waals surface area (Å²) in [6, 6.07) is 0. The number of hydroxylamine groups is 1. The molecule has 0 fully saturated rings. The molecule has 9 nitrogen and oxygen atoms in total. The van der Waals surface area contributed by atoms with Gasteiger partial charge in [-0.25, -0.2) is 4.79 Å². The predicted molar refractivity (Wildman–Crippen MR) is 55.2 cm³/mol. The van der Waals surface area contributed by atoms with E-state index in [1.165, 1.54) is 0 Å². The fraction of sp³-hybridized carbons (Fsp3) is 0.667. The number of carbonyl (C=O) groups excluding carboxylic acids is 1. The molecule has 102 valence electrons. The van der Waals surface area contributed by atoms with E-state index in [9.17, 15) is 18.0 Å². The van der Waals surface area contributed by atoms with Crippen LogP contribution in [0, 0.1) is 0 Å². The molecule has 0 aliphatic carbocycles. The van der Waals surface area contributed by atoms with E-state index in [1.54, 1.807) is 0 Å². The van der Waals surface area contributed by atoms with Gasteiger partial charge in [0.2, 0.25) is 0 Å². The molecule has 0 aliphatic rings. The van der Waals surface area contributed by atoms with Crippen LogP contribution >= 0.6 is 0 Å². The van der Waals surface area contributed by atoms with Crippen LogP contribution in [0.2, 0.25) is 0 Å². The Bertz CT molecular complexity index is 382. The van der Waals surface area contributed by atoms with Crippen LogP contribution in [0.1, 0.15) is 12.1 Å². The minimum Gasteiger partial charge on any atom is -1.00 e. The van der Waals surface area contributed by atoms with Crippen molar-refractivity contribution in [3.63, 3.8) is 0 Å². The number of carbonyl (C=O) groups is 2. The first-order chi connectivity index (χ1) is 7.29. The van der Waals surface area contributed by atoms with Crippen molar-refractivity contribution in [1.29, 1.82) is 0 Å². The summed E-state index contributed by atoms with van der Waals surface area (Å²) < 4.78 is 30.0. The normalized spacial score (nSPS) is 10.5. The molecule has 0 radical (unpaired) electrons. The molecule has 14 heteroatoms. The number of carboxylic acids is 1. The Morgan fingerprint density at radius 2 is 1.70 bits per heavy atom. The zero-order valence-corrected chi connectivity index (χ0v) is 20.9. The molecular formula is C6H16N2Na4O7S. The largest absolute Gasteiger partial charge is 1.00 e. The number of hydrogen-bond acceptors (Lipinski definition) is 7. The summed E-state index contributed by atoms with van der Waals surface area (Å²) >= 11 is 0. The van der Waals surface area contributed by atoms with Crippen LogP contribution in [0.25, 0.3) is 0 Å². The van der Waals surface area contributed by atoms with Crippen LogP contribution in [0.5, 0.6) is 0 Å². The minimum absolute atomic E-state index is 0. The summed E-state index contributed by atoms with van der Waals surface area (Å²) in [5.74, 6) is -2.96. The average molecular weight is 352 g/mol. The van der Waals surface area contributed by atoms with Gasteiger partial charge in [0, 0.05) is 13.1 Å². The van der Waals surface area contributed by atoms with E-state index in [0.29, 0.717) is 0 Å². The Labute approximate surface area is 211 Å². The van der Waals surface area contributed by atoms with Crippen molar-refractivity contribution in [2.45, 2.75) is 11.7 Å². The van der Waals surface area contributed by atoms with E-state index in [2.05, 4.69) is 4.84 Å². The molecule has 0 bridgehead atoms. The molecule has 1 unspecified atom stereocenters. The second kappa shape index (κ2) is 18.1. The molecule has 0 spiro atoms. The summed E-state index contributed by atoms with van der Waals surface area (Å²) in [5, 5.41) is 6.19. The van der Waals surface area contributed by atoms with Gasteiger partial charge >= 0.3 is 130 Å². The first-order valence-corrected chi connectivity index (χ1v) is 5.61. The van der Waals surface area contributed by atoms with Crippen molar-refractivity contribution >= 4 is 22.1 Å². The number of rotatable bonds is 7. The van der Waals surface area contributed by atoms with Crippen molar-refractivity contribution < 1.29 is 156 Å². The number of nitrogens with two attached hydrogens (primary N) is 1. The van der Waals surface area contributed by atoms with E-state index in [1.807, 2.05) is 5.48 Å². The van der Waals surface area contributed by atoms with E-state index in [0.717, 1.165) is 0 Å². The molecule has 0 aromatic carbocycles. The first-order valence-electron chi connectivity index (χ1n) is 4.10. The quantitative estimate of drug-likeness (QED) is 0.151. The maximum absolute atomic E-state index is 11.1. The molecule has 0 aromatic rings. The van der Waals surface area contributed by atoms with Gasteiger partial charge in [0.05, 0.1) is 6.42 Å². The van der Waals surface area contributed by atoms with Crippen LogP contribution in [0.15, 0.2) is 0 Å². The summed E-state index contributed by atoms with van der Waals surface area (Å²) in [5.41, 5.74) is 7.06. The molecule has 0 saturated carbocycles. The van der Waals surface area contributed by atoms with Gasteiger partial charge in [-0.2, -0.15) is 13.9 Å². The second-order valence-electron chi connectivity index (χ2n) is 2.71. The van der Waals surface area contributed by atoms with Gasteiger partial charge < -0.3 is 21.4 Å². The number of aliphatic carboxylic acids is 1. The third kappa shape index (κ3) is 17.1. The van der Waals surface area contributed by atoms with Gasteiger partial charge in [-0.3, -0.25) is 9.35 Å². The van der Waals surface area contributed by atoms with E-state index in [4.69, 9.17) is 15.4 Å². The van der Waals surface area contributed by atoms with Gasteiger partial charge in [0.1, 0.15) is 0 Å². The summed E-state index contributed by atoms with van der Waals surface area (Å²) in [6.07, 6.45) is -1.08. The van der Waals surface area contributed by atoms with Crippen LogP contribution in [0.4, 0.5) is 0 Å². The smallest absolute Gasteiger partial charge is 1.00 e. The van der Waals surface area contributed by atoms with Crippen LogP contribution in [-0.2, 0) is 24.5 Å².